The smallest absolute Gasteiger partial charge is 0.388 e. The Labute approximate surface area is 131 Å². The number of hydrogen-bond donors (Lipinski definition) is 0. The van der Waals surface area contributed by atoms with E-state index in [-0.39, 0.29) is 15.7 Å². The van der Waals surface area contributed by atoms with E-state index in [1.54, 1.807) is 11.8 Å². The Morgan fingerprint density at radius 3 is 2.30 bits per heavy atom. The fourth-order valence-corrected chi connectivity index (χ4v) is 2.87. The minimum absolute atomic E-state index is 0.279. The monoisotopic (exact) mass is 325 g/mol. The van der Waals surface area contributed by atoms with Crippen molar-refractivity contribution in [1.82, 2.24) is 0 Å². The Kier molecular flexibility index (Phi) is 4.77. The van der Waals surface area contributed by atoms with Gasteiger partial charge in [0.2, 0.25) is 5.39 Å². The van der Waals surface area contributed by atoms with Crippen molar-refractivity contribution in [3.8, 4) is 11.5 Å². The number of benzene rings is 2. The molecular weight excluding hydrogens is 315 g/mol. The second kappa shape index (κ2) is 6.36. The van der Waals surface area contributed by atoms with E-state index in [9.17, 15) is 0 Å². The van der Waals surface area contributed by atoms with E-state index in [0.29, 0.717) is 11.5 Å². The first-order valence-corrected chi connectivity index (χ1v) is 7.70. The molecule has 0 heterocycles. The van der Waals surface area contributed by atoms with Crippen LogP contribution in [-0.4, -0.2) is 6.26 Å². The molecule has 0 aromatic heterocycles. The van der Waals surface area contributed by atoms with Crippen LogP contribution in [0, 0.1) is 12.3 Å². The molecule has 0 bridgehead atoms. The zero-order valence-corrected chi connectivity index (χ0v) is 13.2. The molecule has 2 rings (SSSR count). The molecule has 0 unspecified atom stereocenters. The summed E-state index contributed by atoms with van der Waals surface area (Å²) in [5, 5.41) is 9.30. The highest BCUT2D eigenvalue weighted by atomic mass is 35.5. The maximum absolute atomic E-state index is 8.73. The number of nitrogens with zero attached hydrogens (tertiary/aromatic N) is 2. The molecule has 0 spiro atoms. The van der Waals surface area contributed by atoms with Crippen LogP contribution in [0.4, 0.5) is 5.69 Å². The van der Waals surface area contributed by atoms with E-state index in [1.807, 2.05) is 31.4 Å². The molecule has 2 aromatic rings. The van der Waals surface area contributed by atoms with Crippen molar-refractivity contribution in [2.24, 2.45) is 0 Å². The molecule has 0 aliphatic rings. The fraction of sp³-hybridized carbons (Fsp3) is 0.143. The van der Waals surface area contributed by atoms with Gasteiger partial charge in [0.15, 0.2) is 10.7 Å². The van der Waals surface area contributed by atoms with Gasteiger partial charge in [-0.15, -0.1) is 11.8 Å². The van der Waals surface area contributed by atoms with Crippen LogP contribution in [0.1, 0.15) is 5.56 Å². The third-order valence-corrected chi connectivity index (χ3v) is 4.14. The van der Waals surface area contributed by atoms with Crippen molar-refractivity contribution in [1.29, 1.82) is 5.39 Å². The highest BCUT2D eigenvalue weighted by Gasteiger charge is 2.16. The summed E-state index contributed by atoms with van der Waals surface area (Å²) in [7, 11) is 0. The first-order chi connectivity index (χ1) is 9.55. The van der Waals surface area contributed by atoms with E-state index in [4.69, 9.17) is 33.3 Å². The van der Waals surface area contributed by atoms with E-state index in [0.717, 1.165) is 5.56 Å². The number of diazo groups is 1. The molecule has 0 saturated heterocycles. The van der Waals surface area contributed by atoms with Gasteiger partial charge in [-0.25, -0.2) is 0 Å². The summed E-state index contributed by atoms with van der Waals surface area (Å²) in [5.41, 5.74) is 1.39. The lowest BCUT2D eigenvalue weighted by atomic mass is 10.2. The summed E-state index contributed by atoms with van der Waals surface area (Å²) in [6.45, 7) is 2.01. The largest absolute Gasteiger partial charge is 0.454 e. The number of rotatable bonds is 3. The predicted molar refractivity (Wildman–Crippen MR) is 84.2 cm³/mol. The first-order valence-electron chi connectivity index (χ1n) is 5.71. The SMILES string of the molecule is CSc1ccc(Oc2c(Cl)cc([N+]#N)cc2Cl)cc1C. The number of halogens is 2. The molecule has 2 aromatic carbocycles. The van der Waals surface area contributed by atoms with Crippen molar-refractivity contribution >= 4 is 40.7 Å². The summed E-state index contributed by atoms with van der Waals surface area (Å²) in [6.07, 6.45) is 2.02. The van der Waals surface area contributed by atoms with Gasteiger partial charge in [-0.1, -0.05) is 23.2 Å². The van der Waals surface area contributed by atoms with Crippen LogP contribution >= 0.6 is 35.0 Å². The predicted octanol–water partition coefficient (Wildman–Crippen LogP) is 6.30. The normalized spacial score (nSPS) is 10.2. The zero-order chi connectivity index (χ0) is 14.7. The quantitative estimate of drug-likeness (QED) is 0.490. The van der Waals surface area contributed by atoms with Gasteiger partial charge in [0, 0.05) is 4.90 Å². The minimum atomic E-state index is 0.279. The van der Waals surface area contributed by atoms with Crippen LogP contribution in [0.5, 0.6) is 11.5 Å². The Balaban J connectivity index is 2.35. The number of thioether (sulfide) groups is 1. The van der Waals surface area contributed by atoms with Crippen molar-refractivity contribution in [2.45, 2.75) is 11.8 Å². The number of ether oxygens (including phenoxy) is 1. The van der Waals surface area contributed by atoms with Crippen molar-refractivity contribution < 1.29 is 4.74 Å². The van der Waals surface area contributed by atoms with Crippen molar-refractivity contribution in [3.63, 3.8) is 0 Å². The summed E-state index contributed by atoms with van der Waals surface area (Å²) in [5.74, 6) is 0.995. The summed E-state index contributed by atoms with van der Waals surface area (Å²) in [4.78, 5) is 4.23. The third-order valence-electron chi connectivity index (χ3n) is 2.68. The van der Waals surface area contributed by atoms with Gasteiger partial charge in [0.1, 0.15) is 5.75 Å². The molecular formula is C14H11Cl2N2OS+. The Bertz CT molecular complexity index is 675. The van der Waals surface area contributed by atoms with Crippen molar-refractivity contribution in [3.05, 3.63) is 50.9 Å². The van der Waals surface area contributed by atoms with Gasteiger partial charge in [-0.05, 0) is 36.9 Å². The maximum Gasteiger partial charge on any atom is 0.388 e. The zero-order valence-electron chi connectivity index (χ0n) is 10.9. The van der Waals surface area contributed by atoms with Crippen LogP contribution in [0.15, 0.2) is 35.2 Å². The van der Waals surface area contributed by atoms with Gasteiger partial charge in [-0.3, -0.25) is 0 Å². The maximum atomic E-state index is 8.73. The minimum Gasteiger partial charge on any atom is -0.454 e. The van der Waals surface area contributed by atoms with E-state index < -0.39 is 0 Å². The molecule has 0 N–H and O–H groups in total. The van der Waals surface area contributed by atoms with Crippen LogP contribution in [0.3, 0.4) is 0 Å². The van der Waals surface area contributed by atoms with E-state index in [1.165, 1.54) is 17.0 Å². The van der Waals surface area contributed by atoms with Crippen LogP contribution < -0.4 is 4.74 Å². The molecule has 0 atom stereocenters. The molecule has 0 radical (unpaired) electrons. The lowest BCUT2D eigenvalue weighted by Gasteiger charge is -2.10. The van der Waals surface area contributed by atoms with Gasteiger partial charge in [0.25, 0.3) is 0 Å². The lowest BCUT2D eigenvalue weighted by Crippen LogP contribution is -1.88. The second-order valence-corrected chi connectivity index (χ2v) is 5.73. The van der Waals surface area contributed by atoms with E-state index >= 15 is 0 Å². The molecule has 6 heteroatoms. The van der Waals surface area contributed by atoms with Crippen molar-refractivity contribution in [2.75, 3.05) is 6.26 Å². The summed E-state index contributed by atoms with van der Waals surface area (Å²) >= 11 is 13.8. The highest BCUT2D eigenvalue weighted by molar-refractivity contribution is 7.98. The molecule has 0 aliphatic heterocycles. The topological polar surface area (TPSA) is 37.4 Å². The highest BCUT2D eigenvalue weighted by Crippen LogP contribution is 2.40. The Hall–Kier alpha value is -1.41. The molecule has 0 aliphatic carbocycles. The first kappa shape index (κ1) is 15.0. The van der Waals surface area contributed by atoms with Crippen LogP contribution in [0.25, 0.3) is 4.98 Å². The third kappa shape index (κ3) is 3.18. The molecule has 0 amide bonds. The lowest BCUT2D eigenvalue weighted by molar-refractivity contribution is 0.482. The van der Waals surface area contributed by atoms with Gasteiger partial charge < -0.3 is 4.74 Å². The van der Waals surface area contributed by atoms with Crippen LogP contribution in [-0.2, 0) is 0 Å². The van der Waals surface area contributed by atoms with Gasteiger partial charge in [0.05, 0.1) is 22.2 Å². The van der Waals surface area contributed by atoms with E-state index in [2.05, 4.69) is 4.98 Å². The molecule has 102 valence electrons. The molecule has 20 heavy (non-hydrogen) atoms. The fourth-order valence-electron chi connectivity index (χ4n) is 1.73. The summed E-state index contributed by atoms with van der Waals surface area (Å²) in [6, 6.07) is 8.71. The molecule has 3 nitrogen and oxygen atoms in total. The number of hydrogen-bond acceptors (Lipinski definition) is 3. The van der Waals surface area contributed by atoms with Gasteiger partial charge >= 0.3 is 5.69 Å². The average molecular weight is 326 g/mol. The molecule has 0 saturated carbocycles. The Morgan fingerprint density at radius 2 is 1.80 bits per heavy atom. The molecule has 0 fully saturated rings. The van der Waals surface area contributed by atoms with Crippen LogP contribution in [0.2, 0.25) is 10.0 Å². The summed E-state index contributed by atoms with van der Waals surface area (Å²) < 4.78 is 5.72. The number of aryl methyl sites for hydroxylation is 1. The Morgan fingerprint density at radius 1 is 1.15 bits per heavy atom. The second-order valence-electron chi connectivity index (χ2n) is 4.07. The standard InChI is InChI=1S/C14H11Cl2N2OS/c1-8-5-10(3-4-13(8)20-2)19-14-11(15)6-9(18-17)7-12(14)16/h3-7H,1-2H3/q+1. The van der Waals surface area contributed by atoms with Gasteiger partial charge in [-0.2, -0.15) is 0 Å². The average Bonchev–Trinajstić information content (AvgIpc) is 2.42.